The molecule has 0 aliphatic carbocycles. The lowest BCUT2D eigenvalue weighted by atomic mass is 10.2. The molecule has 0 saturated carbocycles. The van der Waals surface area contributed by atoms with E-state index < -0.39 is 14.9 Å². The van der Waals surface area contributed by atoms with E-state index in [4.69, 9.17) is 4.74 Å². The molecule has 1 fully saturated rings. The maximum Gasteiger partial charge on any atom is 0.273 e. The molecule has 0 spiro atoms. The molecule has 122 valence electrons. The summed E-state index contributed by atoms with van der Waals surface area (Å²) in [4.78, 5) is 10.2. The Morgan fingerprint density at radius 3 is 2.41 bits per heavy atom. The van der Waals surface area contributed by atoms with Crippen LogP contribution in [0.5, 0.6) is 5.75 Å². The van der Waals surface area contributed by atoms with Crippen molar-refractivity contribution in [1.29, 1.82) is 0 Å². The highest BCUT2D eigenvalue weighted by Crippen LogP contribution is 2.31. The number of nitrogens with one attached hydrogen (secondary N) is 1. The van der Waals surface area contributed by atoms with Gasteiger partial charge in [0.15, 0.2) is 0 Å². The summed E-state index contributed by atoms with van der Waals surface area (Å²) in [6, 6.07) is 3.58. The minimum absolute atomic E-state index is 0.0203. The van der Waals surface area contributed by atoms with Crippen LogP contribution in [0.4, 0.5) is 5.69 Å². The molecule has 0 aromatic heterocycles. The lowest BCUT2D eigenvalue weighted by Crippen LogP contribution is -2.55. The molecule has 1 N–H and O–H groups in total. The summed E-state index contributed by atoms with van der Waals surface area (Å²) in [6.07, 6.45) is 0. The van der Waals surface area contributed by atoms with Gasteiger partial charge in [-0.15, -0.1) is 0 Å². The van der Waals surface area contributed by atoms with Crippen molar-refractivity contribution in [2.45, 2.75) is 30.8 Å². The van der Waals surface area contributed by atoms with E-state index in [2.05, 4.69) is 5.32 Å². The summed E-state index contributed by atoms with van der Waals surface area (Å²) in [7, 11) is -2.47. The van der Waals surface area contributed by atoms with Crippen LogP contribution < -0.4 is 10.1 Å². The fraction of sp³-hybridized carbons (Fsp3) is 0.538. The predicted octanol–water partition coefficient (Wildman–Crippen LogP) is 0.974. The predicted molar refractivity (Wildman–Crippen MR) is 80.5 cm³/mol. The smallest absolute Gasteiger partial charge is 0.273 e. The second-order valence-corrected chi connectivity index (χ2v) is 7.29. The topological polar surface area (TPSA) is 102 Å². The van der Waals surface area contributed by atoms with Crippen molar-refractivity contribution in [3.8, 4) is 5.75 Å². The third kappa shape index (κ3) is 3.21. The van der Waals surface area contributed by atoms with E-state index in [1.165, 1.54) is 23.5 Å². The molecule has 1 saturated heterocycles. The lowest BCUT2D eigenvalue weighted by molar-refractivity contribution is -0.385. The van der Waals surface area contributed by atoms with E-state index in [-0.39, 0.29) is 28.4 Å². The third-order valence-corrected chi connectivity index (χ3v) is 5.37. The Balaban J connectivity index is 2.42. The van der Waals surface area contributed by atoms with Gasteiger partial charge in [0.05, 0.1) is 18.1 Å². The molecule has 1 aromatic carbocycles. The summed E-state index contributed by atoms with van der Waals surface area (Å²) in [5.74, 6) is -0.0203. The largest absolute Gasteiger partial charge is 0.495 e. The van der Waals surface area contributed by atoms with E-state index >= 15 is 0 Å². The second kappa shape index (κ2) is 6.19. The molecule has 1 heterocycles. The molecule has 2 rings (SSSR count). The number of benzene rings is 1. The van der Waals surface area contributed by atoms with Crippen molar-refractivity contribution < 1.29 is 18.1 Å². The first kappa shape index (κ1) is 16.7. The molecule has 1 aromatic rings. The number of non-ortho nitro benzene ring substituents is 1. The number of hydrogen-bond donors (Lipinski definition) is 1. The number of nitro groups is 1. The van der Waals surface area contributed by atoms with Gasteiger partial charge >= 0.3 is 0 Å². The molecule has 0 amide bonds. The maximum absolute atomic E-state index is 12.8. The number of piperazine rings is 1. The number of nitrogens with zero attached hydrogens (tertiary/aromatic N) is 2. The minimum Gasteiger partial charge on any atom is -0.495 e. The van der Waals surface area contributed by atoms with Gasteiger partial charge in [0.25, 0.3) is 5.69 Å². The van der Waals surface area contributed by atoms with Gasteiger partial charge in [-0.25, -0.2) is 8.42 Å². The molecule has 2 atom stereocenters. The van der Waals surface area contributed by atoms with Gasteiger partial charge in [-0.2, -0.15) is 4.31 Å². The fourth-order valence-electron chi connectivity index (χ4n) is 2.59. The molecule has 1 aliphatic rings. The highest BCUT2D eigenvalue weighted by molar-refractivity contribution is 7.89. The van der Waals surface area contributed by atoms with Crippen LogP contribution in [0.2, 0.25) is 0 Å². The van der Waals surface area contributed by atoms with Crippen molar-refractivity contribution in [3.63, 3.8) is 0 Å². The molecule has 0 bridgehead atoms. The van der Waals surface area contributed by atoms with Crippen LogP contribution >= 0.6 is 0 Å². The van der Waals surface area contributed by atoms with Gasteiger partial charge in [0, 0.05) is 31.2 Å². The van der Waals surface area contributed by atoms with Crippen LogP contribution in [0.3, 0.4) is 0 Å². The molecular weight excluding hydrogens is 310 g/mol. The number of nitro benzene ring substituents is 1. The van der Waals surface area contributed by atoms with E-state index in [1.807, 2.05) is 13.8 Å². The SMILES string of the molecule is COc1cc([N+](=O)[O-])ccc1S(=O)(=O)N1CC(C)NC(C)C1. The quantitative estimate of drug-likeness (QED) is 0.652. The van der Waals surface area contributed by atoms with E-state index in [1.54, 1.807) is 0 Å². The average molecular weight is 329 g/mol. The van der Waals surface area contributed by atoms with Gasteiger partial charge < -0.3 is 10.1 Å². The van der Waals surface area contributed by atoms with Crippen LogP contribution in [0, 0.1) is 10.1 Å². The lowest BCUT2D eigenvalue weighted by Gasteiger charge is -2.35. The zero-order valence-corrected chi connectivity index (χ0v) is 13.5. The Kier molecular flexibility index (Phi) is 4.69. The number of methoxy groups -OCH3 is 1. The first-order chi connectivity index (χ1) is 10.3. The van der Waals surface area contributed by atoms with Gasteiger partial charge in [0.2, 0.25) is 10.0 Å². The molecule has 1 aliphatic heterocycles. The Bertz CT molecular complexity index is 666. The highest BCUT2D eigenvalue weighted by atomic mass is 32.2. The van der Waals surface area contributed by atoms with Crippen molar-refractivity contribution >= 4 is 15.7 Å². The Morgan fingerprint density at radius 1 is 1.32 bits per heavy atom. The first-order valence-electron chi connectivity index (χ1n) is 6.84. The highest BCUT2D eigenvalue weighted by Gasteiger charge is 2.33. The summed E-state index contributed by atoms with van der Waals surface area (Å²) in [5, 5.41) is 14.1. The Hall–Kier alpha value is -1.71. The summed E-state index contributed by atoms with van der Waals surface area (Å²) >= 11 is 0. The molecule has 0 radical (unpaired) electrons. The monoisotopic (exact) mass is 329 g/mol. The van der Waals surface area contributed by atoms with E-state index in [0.717, 1.165) is 6.07 Å². The maximum atomic E-state index is 12.8. The van der Waals surface area contributed by atoms with Crippen LogP contribution in [-0.4, -0.2) is 49.9 Å². The first-order valence-corrected chi connectivity index (χ1v) is 8.28. The van der Waals surface area contributed by atoms with Crippen molar-refractivity contribution in [3.05, 3.63) is 28.3 Å². The molecule has 9 heteroatoms. The number of ether oxygens (including phenoxy) is 1. The number of sulfonamides is 1. The standard InChI is InChI=1S/C13H19N3O5S/c1-9-7-15(8-10(2)14-9)22(19,20)13-5-4-11(16(17)18)6-12(13)21-3/h4-6,9-10,14H,7-8H2,1-3H3. The summed E-state index contributed by atoms with van der Waals surface area (Å²) in [6.45, 7) is 4.50. The number of rotatable bonds is 4. The molecule has 22 heavy (non-hydrogen) atoms. The summed E-state index contributed by atoms with van der Waals surface area (Å²) < 4.78 is 32.0. The molecule has 8 nitrogen and oxygen atoms in total. The van der Waals surface area contributed by atoms with Crippen LogP contribution in [0.15, 0.2) is 23.1 Å². The van der Waals surface area contributed by atoms with Gasteiger partial charge in [0.1, 0.15) is 10.6 Å². The van der Waals surface area contributed by atoms with E-state index in [9.17, 15) is 18.5 Å². The zero-order valence-electron chi connectivity index (χ0n) is 12.6. The Morgan fingerprint density at radius 2 is 1.91 bits per heavy atom. The second-order valence-electron chi connectivity index (χ2n) is 5.38. The van der Waals surface area contributed by atoms with Gasteiger partial charge in [-0.05, 0) is 19.9 Å². The van der Waals surface area contributed by atoms with Crippen molar-refractivity contribution in [2.24, 2.45) is 0 Å². The molecular formula is C13H19N3O5S. The minimum atomic E-state index is -3.77. The average Bonchev–Trinajstić information content (AvgIpc) is 2.45. The normalized spacial score (nSPS) is 23.2. The third-order valence-electron chi connectivity index (χ3n) is 3.50. The van der Waals surface area contributed by atoms with Gasteiger partial charge in [-0.3, -0.25) is 10.1 Å². The van der Waals surface area contributed by atoms with Gasteiger partial charge in [-0.1, -0.05) is 0 Å². The van der Waals surface area contributed by atoms with Crippen LogP contribution in [0.1, 0.15) is 13.8 Å². The van der Waals surface area contributed by atoms with Crippen LogP contribution in [0.25, 0.3) is 0 Å². The van der Waals surface area contributed by atoms with Crippen LogP contribution in [-0.2, 0) is 10.0 Å². The fourth-order valence-corrected chi connectivity index (χ4v) is 4.35. The van der Waals surface area contributed by atoms with E-state index in [0.29, 0.717) is 13.1 Å². The Labute approximate surface area is 129 Å². The number of hydrogen-bond acceptors (Lipinski definition) is 6. The molecule has 2 unspecified atom stereocenters. The van der Waals surface area contributed by atoms with Crippen molar-refractivity contribution in [1.82, 2.24) is 9.62 Å². The summed E-state index contributed by atoms with van der Waals surface area (Å²) in [5.41, 5.74) is -0.210. The van der Waals surface area contributed by atoms with Crippen molar-refractivity contribution in [2.75, 3.05) is 20.2 Å². The zero-order chi connectivity index (χ0) is 16.5.